The quantitative estimate of drug-likeness (QED) is 0.132. The molecule has 0 aliphatic heterocycles. The lowest BCUT2D eigenvalue weighted by atomic mass is 9.53. The molecule has 34 heavy (non-hydrogen) atoms. The second kappa shape index (κ2) is 10.6. The summed E-state index contributed by atoms with van der Waals surface area (Å²) in [5, 5.41) is 39.9. The molecule has 0 aromatic carbocycles. The maximum Gasteiger partial charge on any atom is 0.343 e. The van der Waals surface area contributed by atoms with Crippen molar-refractivity contribution in [1.29, 1.82) is 0 Å². The van der Waals surface area contributed by atoms with E-state index in [1.165, 1.54) is 0 Å². The molecule has 0 spiro atoms. The molecule has 8 nitrogen and oxygen atoms in total. The summed E-state index contributed by atoms with van der Waals surface area (Å²) in [6.45, 7) is 29.5. The van der Waals surface area contributed by atoms with Crippen LogP contribution in [0.25, 0.3) is 0 Å². The molecule has 0 aromatic rings. The zero-order valence-corrected chi connectivity index (χ0v) is 24.3. The Morgan fingerprint density at radius 3 is 0.971 bits per heavy atom. The first-order valence-corrected chi connectivity index (χ1v) is 12.2. The van der Waals surface area contributed by atoms with Gasteiger partial charge in [0.2, 0.25) is 0 Å². The van der Waals surface area contributed by atoms with Crippen LogP contribution in [0, 0.1) is 32.5 Å². The van der Waals surface area contributed by atoms with Gasteiger partial charge in [0, 0.05) is 12.8 Å². The van der Waals surface area contributed by atoms with Crippen LogP contribution in [0.5, 0.6) is 0 Å². The fraction of sp³-hybridized carbons (Fsp3) is 1.00. The normalized spacial score (nSPS) is 17.1. The van der Waals surface area contributed by atoms with Crippen molar-refractivity contribution in [2.75, 3.05) is 0 Å². The van der Waals surface area contributed by atoms with Crippen molar-refractivity contribution in [1.82, 2.24) is 0 Å². The van der Waals surface area contributed by atoms with E-state index < -0.39 is 11.9 Å². The van der Waals surface area contributed by atoms with Gasteiger partial charge in [0.1, 0.15) is 0 Å². The van der Waals surface area contributed by atoms with Crippen LogP contribution in [0.2, 0.25) is 0 Å². The van der Waals surface area contributed by atoms with E-state index in [0.717, 1.165) is 0 Å². The molecule has 1 atom stereocenters. The summed E-state index contributed by atoms with van der Waals surface area (Å²) in [6, 6.07) is 0. The van der Waals surface area contributed by atoms with Crippen LogP contribution >= 0.6 is 0 Å². The lowest BCUT2D eigenvalue weighted by Gasteiger charge is -2.53. The summed E-state index contributed by atoms with van der Waals surface area (Å²) >= 11 is 0. The zero-order chi connectivity index (χ0) is 27.7. The molecule has 8 heteroatoms. The minimum atomic E-state index is -2.61. The first kappa shape index (κ1) is 33.7. The minimum Gasteiger partial charge on any atom is -0.341 e. The van der Waals surface area contributed by atoms with E-state index in [4.69, 9.17) is 4.74 Å². The summed E-state index contributed by atoms with van der Waals surface area (Å²) in [5.74, 6) is -5.09. The standard InChI is InChI=1S/C26H54O8/c1-19(2,3)23(13,20(4,5)6)15-17-25(27,32-28)31-26(33-29,34-30)18-16-24(14,21(7,8)9)22(10,11)12/h27-30H,15-18H2,1-14H3. The number of rotatable bonds is 11. The summed E-state index contributed by atoms with van der Waals surface area (Å²) in [7, 11) is 0. The van der Waals surface area contributed by atoms with E-state index in [1.54, 1.807) is 0 Å². The van der Waals surface area contributed by atoms with Gasteiger partial charge in [-0.25, -0.2) is 15.8 Å². The van der Waals surface area contributed by atoms with Gasteiger partial charge in [-0.15, -0.1) is 0 Å². The molecule has 0 amide bonds. The molecule has 0 fully saturated rings. The van der Waals surface area contributed by atoms with Crippen molar-refractivity contribution in [3.8, 4) is 0 Å². The molecule has 4 N–H and O–H groups in total. The predicted molar refractivity (Wildman–Crippen MR) is 132 cm³/mol. The Balaban J connectivity index is 6.00. The molecule has 0 aliphatic rings. The fourth-order valence-corrected chi connectivity index (χ4v) is 5.12. The molecule has 0 saturated carbocycles. The molecule has 0 rings (SSSR count). The van der Waals surface area contributed by atoms with Crippen molar-refractivity contribution in [2.24, 2.45) is 32.5 Å². The van der Waals surface area contributed by atoms with Crippen molar-refractivity contribution in [3.63, 3.8) is 0 Å². The molecular formula is C26H54O8. The minimum absolute atomic E-state index is 0.160. The second-order valence-corrected chi connectivity index (χ2v) is 14.4. The van der Waals surface area contributed by atoms with E-state index in [1.807, 2.05) is 0 Å². The third-order valence-corrected chi connectivity index (χ3v) is 9.23. The van der Waals surface area contributed by atoms with Gasteiger partial charge in [0.05, 0.1) is 0 Å². The van der Waals surface area contributed by atoms with Gasteiger partial charge in [-0.1, -0.05) is 96.9 Å². The summed E-state index contributed by atoms with van der Waals surface area (Å²) in [6.07, 6.45) is 0.418. The molecule has 1 unspecified atom stereocenters. The molecule has 0 heterocycles. The van der Waals surface area contributed by atoms with Crippen LogP contribution in [0.4, 0.5) is 0 Å². The second-order valence-electron chi connectivity index (χ2n) is 14.4. The number of hydrogen-bond donors (Lipinski definition) is 4. The van der Waals surface area contributed by atoms with Crippen LogP contribution < -0.4 is 0 Å². The fourth-order valence-electron chi connectivity index (χ4n) is 5.12. The maximum atomic E-state index is 11.0. The van der Waals surface area contributed by atoms with Crippen molar-refractivity contribution >= 4 is 0 Å². The van der Waals surface area contributed by atoms with Crippen molar-refractivity contribution < 1.29 is 40.3 Å². The number of hydrogen-bond acceptors (Lipinski definition) is 8. The molecular weight excluding hydrogens is 440 g/mol. The van der Waals surface area contributed by atoms with E-state index in [9.17, 15) is 20.9 Å². The van der Waals surface area contributed by atoms with E-state index in [2.05, 4.69) is 112 Å². The first-order valence-electron chi connectivity index (χ1n) is 12.2. The molecule has 0 aromatic heterocycles. The molecule has 0 bridgehead atoms. The highest BCUT2D eigenvalue weighted by Crippen LogP contribution is 2.56. The first-order chi connectivity index (χ1) is 14.8. The Labute approximate surface area is 207 Å². The average molecular weight is 495 g/mol. The highest BCUT2D eigenvalue weighted by molar-refractivity contribution is 4.97. The number of ether oxygens (including phenoxy) is 1. The van der Waals surface area contributed by atoms with Crippen molar-refractivity contribution in [3.05, 3.63) is 0 Å². The Morgan fingerprint density at radius 2 is 0.735 bits per heavy atom. The monoisotopic (exact) mass is 494 g/mol. The highest BCUT2D eigenvalue weighted by atomic mass is 17.3. The Bertz CT molecular complexity index is 601. The molecule has 0 aliphatic carbocycles. The van der Waals surface area contributed by atoms with Gasteiger partial charge >= 0.3 is 11.9 Å². The van der Waals surface area contributed by atoms with Crippen LogP contribution in [-0.2, 0) is 19.4 Å². The van der Waals surface area contributed by atoms with Crippen LogP contribution in [0.3, 0.4) is 0 Å². The van der Waals surface area contributed by atoms with Crippen LogP contribution in [0.15, 0.2) is 0 Å². The molecule has 0 saturated heterocycles. The number of aliphatic hydroxyl groups is 1. The summed E-state index contributed by atoms with van der Waals surface area (Å²) in [5.41, 5.74) is -1.34. The van der Waals surface area contributed by atoms with Gasteiger partial charge in [-0.2, -0.15) is 14.7 Å². The molecule has 0 radical (unpaired) electrons. The molecule has 206 valence electrons. The average Bonchev–Trinajstić information content (AvgIpc) is 2.65. The van der Waals surface area contributed by atoms with E-state index in [0.29, 0.717) is 12.8 Å². The highest BCUT2D eigenvalue weighted by Gasteiger charge is 2.53. The van der Waals surface area contributed by atoms with Gasteiger partial charge in [-0.3, -0.25) is 4.74 Å². The lowest BCUT2D eigenvalue weighted by molar-refractivity contribution is -0.627. The smallest absolute Gasteiger partial charge is 0.341 e. The lowest BCUT2D eigenvalue weighted by Crippen LogP contribution is -2.52. The topological polar surface area (TPSA) is 118 Å². The van der Waals surface area contributed by atoms with Gasteiger partial charge in [0.25, 0.3) is 0 Å². The van der Waals surface area contributed by atoms with E-state index in [-0.39, 0.29) is 45.3 Å². The van der Waals surface area contributed by atoms with Crippen LogP contribution in [-0.4, -0.2) is 32.8 Å². The third kappa shape index (κ3) is 7.13. The van der Waals surface area contributed by atoms with Gasteiger partial charge < -0.3 is 5.11 Å². The van der Waals surface area contributed by atoms with Crippen molar-refractivity contribution in [2.45, 2.75) is 135 Å². The van der Waals surface area contributed by atoms with Crippen LogP contribution in [0.1, 0.15) is 123 Å². The third-order valence-electron chi connectivity index (χ3n) is 9.23. The summed E-state index contributed by atoms with van der Waals surface area (Å²) in [4.78, 5) is 13.2. The largest absolute Gasteiger partial charge is 0.343 e. The van der Waals surface area contributed by atoms with Gasteiger partial charge in [-0.05, 0) is 45.3 Å². The predicted octanol–water partition coefficient (Wildman–Crippen LogP) is 7.53. The van der Waals surface area contributed by atoms with E-state index >= 15 is 0 Å². The zero-order valence-electron chi connectivity index (χ0n) is 24.3. The Morgan fingerprint density at radius 1 is 0.441 bits per heavy atom. The maximum absolute atomic E-state index is 11.0. The Hall–Kier alpha value is -0.320. The summed E-state index contributed by atoms with van der Waals surface area (Å²) < 4.78 is 5.45. The van der Waals surface area contributed by atoms with Gasteiger partial charge in [0.15, 0.2) is 0 Å². The SMILES string of the molecule is CC(C)(C)C(C)(CCC(O)(OO)OC(CCC(C)(C(C)(C)C)C(C)(C)C)(OO)OO)C(C)(C)C. The Kier molecular flexibility index (Phi) is 10.5.